The molecule has 3 rings (SSSR count). The van der Waals surface area contributed by atoms with E-state index in [0.717, 1.165) is 5.56 Å². The lowest BCUT2D eigenvalue weighted by molar-refractivity contribution is 0.0261. The normalized spacial score (nSPS) is 28.5. The van der Waals surface area contributed by atoms with E-state index in [2.05, 4.69) is 5.18 Å². The van der Waals surface area contributed by atoms with Gasteiger partial charge in [-0.15, -0.1) is 0 Å². The SMILES string of the molecule is CC(C)(C)OC(=O)N1CC2C(CN=O)C2(c2ccc(Cl)c(Cl)c2)C1. The Morgan fingerprint density at radius 1 is 1.38 bits per heavy atom. The molecule has 0 bridgehead atoms. The average Bonchev–Trinajstić information content (AvgIpc) is 2.89. The first-order valence-corrected chi connectivity index (χ1v) is 8.67. The van der Waals surface area contributed by atoms with Crippen molar-refractivity contribution in [2.24, 2.45) is 17.0 Å². The Hall–Kier alpha value is -1.33. The zero-order chi connectivity index (χ0) is 17.7. The molecule has 5 nitrogen and oxygen atoms in total. The van der Waals surface area contributed by atoms with E-state index in [1.807, 2.05) is 32.9 Å². The maximum atomic E-state index is 12.4. The van der Waals surface area contributed by atoms with Crippen LogP contribution in [0.3, 0.4) is 0 Å². The molecule has 1 aromatic carbocycles. The third-order valence-electron chi connectivity index (χ3n) is 4.95. The number of benzene rings is 1. The van der Waals surface area contributed by atoms with Crippen molar-refractivity contribution in [3.05, 3.63) is 38.7 Å². The van der Waals surface area contributed by atoms with Crippen LogP contribution in [-0.2, 0) is 10.2 Å². The van der Waals surface area contributed by atoms with Crippen molar-refractivity contribution in [1.29, 1.82) is 0 Å². The van der Waals surface area contributed by atoms with Gasteiger partial charge < -0.3 is 9.64 Å². The van der Waals surface area contributed by atoms with E-state index in [1.165, 1.54) is 0 Å². The molecule has 1 aliphatic carbocycles. The second kappa shape index (κ2) is 5.88. The van der Waals surface area contributed by atoms with Crippen molar-refractivity contribution in [1.82, 2.24) is 4.90 Å². The predicted molar refractivity (Wildman–Crippen MR) is 93.6 cm³/mol. The van der Waals surface area contributed by atoms with Gasteiger partial charge in [0.15, 0.2) is 0 Å². The van der Waals surface area contributed by atoms with Crippen LogP contribution in [0.25, 0.3) is 0 Å². The largest absolute Gasteiger partial charge is 0.444 e. The number of nitroso groups, excluding NO2 is 1. The van der Waals surface area contributed by atoms with E-state index in [9.17, 15) is 9.70 Å². The van der Waals surface area contributed by atoms with Gasteiger partial charge in [0.2, 0.25) is 0 Å². The van der Waals surface area contributed by atoms with Crippen molar-refractivity contribution >= 4 is 29.3 Å². The first kappa shape index (κ1) is 17.5. The van der Waals surface area contributed by atoms with Crippen LogP contribution in [0, 0.1) is 16.7 Å². The van der Waals surface area contributed by atoms with Gasteiger partial charge in [-0.25, -0.2) is 4.79 Å². The summed E-state index contributed by atoms with van der Waals surface area (Å²) < 4.78 is 5.46. The molecule has 0 spiro atoms. The molecule has 1 aromatic rings. The Labute approximate surface area is 151 Å². The summed E-state index contributed by atoms with van der Waals surface area (Å²) >= 11 is 12.2. The van der Waals surface area contributed by atoms with Crippen molar-refractivity contribution in [2.75, 3.05) is 19.6 Å². The Bertz CT molecular complexity index is 689. The summed E-state index contributed by atoms with van der Waals surface area (Å²) in [6.07, 6.45) is -0.327. The Morgan fingerprint density at radius 3 is 2.67 bits per heavy atom. The highest BCUT2D eigenvalue weighted by Gasteiger charge is 2.70. The Balaban J connectivity index is 1.85. The van der Waals surface area contributed by atoms with Crippen LogP contribution in [0.4, 0.5) is 4.79 Å². The van der Waals surface area contributed by atoms with E-state index in [4.69, 9.17) is 27.9 Å². The van der Waals surface area contributed by atoms with Crippen LogP contribution >= 0.6 is 23.2 Å². The molecule has 1 heterocycles. The highest BCUT2D eigenvalue weighted by atomic mass is 35.5. The minimum Gasteiger partial charge on any atom is -0.444 e. The van der Waals surface area contributed by atoms with E-state index >= 15 is 0 Å². The first-order chi connectivity index (χ1) is 11.2. The third-order valence-corrected chi connectivity index (χ3v) is 5.69. The number of carbonyl (C=O) groups is 1. The van der Waals surface area contributed by atoms with E-state index < -0.39 is 5.60 Å². The number of halogens is 2. The first-order valence-electron chi connectivity index (χ1n) is 7.91. The number of ether oxygens (including phenoxy) is 1. The number of hydrogen-bond donors (Lipinski definition) is 0. The van der Waals surface area contributed by atoms with Crippen molar-refractivity contribution < 1.29 is 9.53 Å². The standard InChI is InChI=1S/C17H20Cl2N2O3/c1-16(2,3)24-15(22)21-8-12-11(7-20-23)17(12,9-21)10-4-5-13(18)14(19)6-10/h4-6,11-12H,7-9H2,1-3H3. The monoisotopic (exact) mass is 370 g/mol. The fourth-order valence-corrected chi connectivity index (χ4v) is 4.19. The van der Waals surface area contributed by atoms with Crippen molar-refractivity contribution in [3.63, 3.8) is 0 Å². The number of amides is 1. The van der Waals surface area contributed by atoms with Gasteiger partial charge in [0.25, 0.3) is 0 Å². The maximum Gasteiger partial charge on any atom is 0.410 e. The molecule has 1 saturated carbocycles. The summed E-state index contributed by atoms with van der Waals surface area (Å²) in [6.45, 7) is 6.84. The molecule has 130 valence electrons. The van der Waals surface area contributed by atoms with Gasteiger partial charge in [0.1, 0.15) is 5.60 Å². The van der Waals surface area contributed by atoms with Gasteiger partial charge >= 0.3 is 6.09 Å². The van der Waals surface area contributed by atoms with Gasteiger partial charge in [-0.1, -0.05) is 34.4 Å². The van der Waals surface area contributed by atoms with Crippen molar-refractivity contribution in [2.45, 2.75) is 31.8 Å². The molecule has 1 saturated heterocycles. The number of carbonyl (C=O) groups excluding carboxylic acids is 1. The lowest BCUT2D eigenvalue weighted by Gasteiger charge is -2.27. The highest BCUT2D eigenvalue weighted by molar-refractivity contribution is 6.42. The summed E-state index contributed by atoms with van der Waals surface area (Å²) in [5.74, 6) is 0.325. The summed E-state index contributed by atoms with van der Waals surface area (Å²) in [5.41, 5.74) is 0.185. The molecule has 1 aliphatic heterocycles. The Kier molecular flexibility index (Phi) is 4.29. The molecule has 3 atom stereocenters. The predicted octanol–water partition coefficient (Wildman–Crippen LogP) is 4.49. The van der Waals surface area contributed by atoms with E-state index in [-0.39, 0.29) is 29.9 Å². The van der Waals surface area contributed by atoms with E-state index in [1.54, 1.807) is 11.0 Å². The minimum atomic E-state index is -0.537. The van der Waals surface area contributed by atoms with Crippen LogP contribution in [0.2, 0.25) is 10.0 Å². The molecule has 7 heteroatoms. The summed E-state index contributed by atoms with van der Waals surface area (Å²) in [7, 11) is 0. The number of rotatable bonds is 3. The molecular formula is C17H20Cl2N2O3. The van der Waals surface area contributed by atoms with E-state index in [0.29, 0.717) is 23.1 Å². The zero-order valence-corrected chi connectivity index (χ0v) is 15.4. The zero-order valence-electron chi connectivity index (χ0n) is 13.9. The number of hydrogen-bond acceptors (Lipinski definition) is 4. The summed E-state index contributed by atoms with van der Waals surface area (Å²) in [5, 5.41) is 4.04. The molecule has 1 amide bonds. The highest BCUT2D eigenvalue weighted by Crippen LogP contribution is 2.64. The molecule has 0 N–H and O–H groups in total. The summed E-state index contributed by atoms with van der Waals surface area (Å²) in [4.78, 5) is 24.8. The van der Waals surface area contributed by atoms with Gasteiger partial charge in [-0.2, -0.15) is 4.91 Å². The molecule has 2 aliphatic rings. The van der Waals surface area contributed by atoms with Crippen LogP contribution < -0.4 is 0 Å². The Morgan fingerprint density at radius 2 is 2.08 bits per heavy atom. The fourth-order valence-electron chi connectivity index (χ4n) is 3.89. The molecule has 3 unspecified atom stereocenters. The quantitative estimate of drug-likeness (QED) is 0.736. The number of piperidine rings is 1. The summed E-state index contributed by atoms with van der Waals surface area (Å²) in [6, 6.07) is 5.51. The van der Waals surface area contributed by atoms with Gasteiger partial charge in [-0.05, 0) is 50.3 Å². The smallest absolute Gasteiger partial charge is 0.410 e. The van der Waals surface area contributed by atoms with Crippen LogP contribution in [0.15, 0.2) is 23.4 Å². The van der Waals surface area contributed by atoms with Gasteiger partial charge in [0.05, 0.1) is 16.6 Å². The minimum absolute atomic E-state index is 0.130. The van der Waals surface area contributed by atoms with Crippen LogP contribution in [0.1, 0.15) is 26.3 Å². The number of nitrogens with zero attached hydrogens (tertiary/aromatic N) is 2. The van der Waals surface area contributed by atoms with Crippen LogP contribution in [0.5, 0.6) is 0 Å². The molecular weight excluding hydrogens is 351 g/mol. The topological polar surface area (TPSA) is 59.0 Å². The lowest BCUT2D eigenvalue weighted by Crippen LogP contribution is -2.39. The van der Waals surface area contributed by atoms with Gasteiger partial charge in [0, 0.05) is 18.5 Å². The van der Waals surface area contributed by atoms with Gasteiger partial charge in [-0.3, -0.25) is 0 Å². The number of fused-ring (bicyclic) bond motifs is 1. The van der Waals surface area contributed by atoms with Crippen molar-refractivity contribution in [3.8, 4) is 0 Å². The second-order valence-electron chi connectivity index (χ2n) is 7.55. The maximum absolute atomic E-state index is 12.4. The third kappa shape index (κ3) is 2.88. The lowest BCUT2D eigenvalue weighted by atomic mass is 9.92. The molecule has 2 fully saturated rings. The van der Waals surface area contributed by atoms with Crippen LogP contribution in [-0.4, -0.2) is 36.2 Å². The molecule has 0 radical (unpaired) electrons. The average molecular weight is 371 g/mol. The molecule has 24 heavy (non-hydrogen) atoms. The fraction of sp³-hybridized carbons (Fsp3) is 0.588. The molecule has 0 aromatic heterocycles. The number of likely N-dealkylation sites (tertiary alicyclic amines) is 1. The second-order valence-corrected chi connectivity index (χ2v) is 8.37.